The molecule has 23 heavy (non-hydrogen) atoms. The number of nitrogens with one attached hydrogen (secondary N) is 1. The Morgan fingerprint density at radius 3 is 2.48 bits per heavy atom. The summed E-state index contributed by atoms with van der Waals surface area (Å²) in [5, 5.41) is 3.80. The second-order valence-electron chi connectivity index (χ2n) is 7.14. The highest BCUT2D eigenvalue weighted by molar-refractivity contribution is 5.27. The molecule has 2 nitrogen and oxygen atoms in total. The Balaban J connectivity index is 1.20. The molecule has 1 aliphatic heterocycles. The Kier molecular flexibility index (Phi) is 4.45. The molecule has 1 N–H and O–H groups in total. The van der Waals surface area contributed by atoms with Crippen LogP contribution >= 0.6 is 0 Å². The summed E-state index contributed by atoms with van der Waals surface area (Å²) in [5.41, 5.74) is 2.94. The normalized spacial score (nSPS) is 27.2. The lowest BCUT2D eigenvalue weighted by Gasteiger charge is -2.16. The summed E-state index contributed by atoms with van der Waals surface area (Å²) in [7, 11) is 0. The number of rotatable bonds is 6. The van der Waals surface area contributed by atoms with Gasteiger partial charge in [-0.05, 0) is 43.0 Å². The van der Waals surface area contributed by atoms with Gasteiger partial charge >= 0.3 is 0 Å². The molecule has 0 aromatic heterocycles. The molecular formula is C21H26N2. The van der Waals surface area contributed by atoms with Crippen molar-refractivity contribution in [1.82, 2.24) is 10.2 Å². The van der Waals surface area contributed by atoms with E-state index in [0.717, 1.165) is 18.4 Å². The average Bonchev–Trinajstić information content (AvgIpc) is 3.26. The Morgan fingerprint density at radius 2 is 1.70 bits per heavy atom. The van der Waals surface area contributed by atoms with Gasteiger partial charge in [-0.1, -0.05) is 60.7 Å². The van der Waals surface area contributed by atoms with E-state index in [1.165, 1.54) is 43.6 Å². The second-order valence-corrected chi connectivity index (χ2v) is 7.14. The van der Waals surface area contributed by atoms with Gasteiger partial charge in [0.05, 0.1) is 0 Å². The monoisotopic (exact) mass is 306 g/mol. The lowest BCUT2D eigenvalue weighted by Crippen LogP contribution is -2.28. The fourth-order valence-electron chi connectivity index (χ4n) is 3.87. The fraction of sp³-hybridized carbons (Fsp3) is 0.429. The Hall–Kier alpha value is -1.64. The van der Waals surface area contributed by atoms with Crippen LogP contribution in [0.2, 0.25) is 0 Å². The molecule has 0 bridgehead atoms. The average molecular weight is 306 g/mol. The summed E-state index contributed by atoms with van der Waals surface area (Å²) < 4.78 is 0. The van der Waals surface area contributed by atoms with Crippen LogP contribution in [0.5, 0.6) is 0 Å². The van der Waals surface area contributed by atoms with Gasteiger partial charge in [-0.15, -0.1) is 0 Å². The van der Waals surface area contributed by atoms with E-state index in [0.29, 0.717) is 6.04 Å². The van der Waals surface area contributed by atoms with E-state index in [1.807, 2.05) is 0 Å². The molecule has 2 heteroatoms. The van der Waals surface area contributed by atoms with E-state index in [-0.39, 0.29) is 0 Å². The van der Waals surface area contributed by atoms with E-state index < -0.39 is 0 Å². The summed E-state index contributed by atoms with van der Waals surface area (Å²) >= 11 is 0. The highest BCUT2D eigenvalue weighted by atomic mass is 15.1. The molecule has 2 aromatic rings. The van der Waals surface area contributed by atoms with Crippen LogP contribution in [-0.2, 0) is 6.54 Å². The summed E-state index contributed by atoms with van der Waals surface area (Å²) in [5.74, 6) is 1.56. The Bertz CT molecular complexity index is 610. The molecule has 3 atom stereocenters. The zero-order valence-corrected chi connectivity index (χ0v) is 13.7. The first-order valence-corrected chi connectivity index (χ1v) is 8.93. The van der Waals surface area contributed by atoms with E-state index in [9.17, 15) is 0 Å². The van der Waals surface area contributed by atoms with Crippen LogP contribution < -0.4 is 5.32 Å². The predicted octanol–water partition coefficient (Wildman–Crippen LogP) is 3.65. The highest BCUT2D eigenvalue weighted by Gasteiger charge is 2.38. The van der Waals surface area contributed by atoms with Gasteiger partial charge in [0.25, 0.3) is 0 Å². The van der Waals surface area contributed by atoms with Gasteiger partial charge in [0, 0.05) is 25.0 Å². The fourth-order valence-corrected chi connectivity index (χ4v) is 3.87. The minimum Gasteiger partial charge on any atom is -0.313 e. The molecule has 0 amide bonds. The number of hydrogen-bond acceptors (Lipinski definition) is 2. The van der Waals surface area contributed by atoms with Crippen LogP contribution in [0.4, 0.5) is 0 Å². The van der Waals surface area contributed by atoms with Gasteiger partial charge in [0.15, 0.2) is 0 Å². The molecule has 1 saturated carbocycles. The summed E-state index contributed by atoms with van der Waals surface area (Å²) in [4.78, 5) is 2.60. The molecule has 0 radical (unpaired) electrons. The summed E-state index contributed by atoms with van der Waals surface area (Å²) in [6.45, 7) is 4.77. The largest absolute Gasteiger partial charge is 0.313 e. The van der Waals surface area contributed by atoms with Crippen molar-refractivity contribution < 1.29 is 0 Å². The predicted molar refractivity (Wildman–Crippen MR) is 95.4 cm³/mol. The number of benzene rings is 2. The van der Waals surface area contributed by atoms with Crippen molar-refractivity contribution >= 4 is 0 Å². The van der Waals surface area contributed by atoms with E-state index in [2.05, 4.69) is 70.9 Å². The number of likely N-dealkylation sites (tertiary alicyclic amines) is 1. The van der Waals surface area contributed by atoms with Crippen LogP contribution in [0.1, 0.15) is 29.9 Å². The highest BCUT2D eigenvalue weighted by Crippen LogP contribution is 2.40. The van der Waals surface area contributed by atoms with Crippen molar-refractivity contribution in [2.75, 3.05) is 19.6 Å². The molecule has 1 heterocycles. The van der Waals surface area contributed by atoms with Crippen LogP contribution in [0.25, 0.3) is 0 Å². The van der Waals surface area contributed by atoms with Crippen LogP contribution in [0, 0.1) is 5.92 Å². The maximum atomic E-state index is 3.80. The van der Waals surface area contributed by atoms with E-state index in [1.54, 1.807) is 0 Å². The SMILES string of the molecule is c1ccc(CN2CC[C@H](CN[C@@H]3C[C@H]3c3ccccc3)C2)cc1. The minimum atomic E-state index is 0.709. The molecular weight excluding hydrogens is 280 g/mol. The van der Waals surface area contributed by atoms with Crippen molar-refractivity contribution in [3.05, 3.63) is 71.8 Å². The summed E-state index contributed by atoms with van der Waals surface area (Å²) in [6, 6.07) is 22.5. The van der Waals surface area contributed by atoms with Gasteiger partial charge in [-0.25, -0.2) is 0 Å². The molecule has 2 fully saturated rings. The molecule has 4 rings (SSSR count). The molecule has 1 aliphatic carbocycles. The lowest BCUT2D eigenvalue weighted by atomic mass is 10.1. The molecule has 0 spiro atoms. The molecule has 120 valence electrons. The van der Waals surface area contributed by atoms with Gasteiger partial charge in [-0.3, -0.25) is 4.90 Å². The number of hydrogen-bond donors (Lipinski definition) is 1. The topological polar surface area (TPSA) is 15.3 Å². The maximum Gasteiger partial charge on any atom is 0.0233 e. The van der Waals surface area contributed by atoms with Crippen molar-refractivity contribution in [3.63, 3.8) is 0 Å². The van der Waals surface area contributed by atoms with E-state index >= 15 is 0 Å². The molecule has 2 aromatic carbocycles. The molecule has 0 unspecified atom stereocenters. The third kappa shape index (κ3) is 3.82. The zero-order chi connectivity index (χ0) is 15.5. The standard InChI is InChI=1S/C21H26N2/c1-3-7-17(8-4-1)15-23-12-11-18(16-23)14-22-21-13-20(21)19-9-5-2-6-10-19/h1-10,18,20-22H,11-16H2/t18-,20+,21-/m1/s1. The van der Waals surface area contributed by atoms with Crippen molar-refractivity contribution in [3.8, 4) is 0 Å². The van der Waals surface area contributed by atoms with Gasteiger partial charge in [0.1, 0.15) is 0 Å². The summed E-state index contributed by atoms with van der Waals surface area (Å²) in [6.07, 6.45) is 2.65. The molecule has 1 saturated heterocycles. The van der Waals surface area contributed by atoms with Gasteiger partial charge in [0.2, 0.25) is 0 Å². The minimum absolute atomic E-state index is 0.709. The first-order chi connectivity index (χ1) is 11.4. The number of nitrogens with zero attached hydrogens (tertiary/aromatic N) is 1. The first kappa shape index (κ1) is 14.9. The Labute approximate surface area is 139 Å². The third-order valence-corrected chi connectivity index (χ3v) is 5.31. The van der Waals surface area contributed by atoms with Crippen molar-refractivity contribution in [1.29, 1.82) is 0 Å². The van der Waals surface area contributed by atoms with Crippen molar-refractivity contribution in [2.24, 2.45) is 5.92 Å². The maximum absolute atomic E-state index is 3.80. The molecule has 2 aliphatic rings. The van der Waals surface area contributed by atoms with Crippen molar-refractivity contribution in [2.45, 2.75) is 31.3 Å². The van der Waals surface area contributed by atoms with Gasteiger partial charge < -0.3 is 5.32 Å². The van der Waals surface area contributed by atoms with Gasteiger partial charge in [-0.2, -0.15) is 0 Å². The first-order valence-electron chi connectivity index (χ1n) is 8.93. The smallest absolute Gasteiger partial charge is 0.0233 e. The van der Waals surface area contributed by atoms with Crippen LogP contribution in [-0.4, -0.2) is 30.6 Å². The van der Waals surface area contributed by atoms with E-state index in [4.69, 9.17) is 0 Å². The van der Waals surface area contributed by atoms with Crippen LogP contribution in [0.3, 0.4) is 0 Å². The van der Waals surface area contributed by atoms with Crippen LogP contribution in [0.15, 0.2) is 60.7 Å². The quantitative estimate of drug-likeness (QED) is 0.876. The third-order valence-electron chi connectivity index (χ3n) is 5.31. The second kappa shape index (κ2) is 6.86. The Morgan fingerprint density at radius 1 is 0.957 bits per heavy atom. The lowest BCUT2D eigenvalue weighted by molar-refractivity contribution is 0.314. The zero-order valence-electron chi connectivity index (χ0n) is 13.7.